The summed E-state index contributed by atoms with van der Waals surface area (Å²) in [7, 11) is 0. The molecule has 2 aromatic rings. The maximum atomic E-state index is 13.6. The van der Waals surface area contributed by atoms with Gasteiger partial charge in [0.15, 0.2) is 24.0 Å². The van der Waals surface area contributed by atoms with E-state index in [1.807, 2.05) is 6.92 Å². The molecule has 1 aromatic carbocycles. The number of aryl methyl sites for hydroxylation is 1. The Morgan fingerprint density at radius 2 is 1.84 bits per heavy atom. The first-order chi connectivity index (χ1) is 9.13. The van der Waals surface area contributed by atoms with Crippen molar-refractivity contribution >= 4 is 0 Å². The van der Waals surface area contributed by atoms with Gasteiger partial charge >= 0.3 is 0 Å². The van der Waals surface area contributed by atoms with Crippen molar-refractivity contribution < 1.29 is 17.9 Å². The molecule has 0 saturated carbocycles. The van der Waals surface area contributed by atoms with E-state index >= 15 is 0 Å². The van der Waals surface area contributed by atoms with Crippen LogP contribution in [0.5, 0.6) is 5.75 Å². The highest BCUT2D eigenvalue weighted by molar-refractivity contribution is 5.31. The maximum absolute atomic E-state index is 13.6. The zero-order valence-electron chi connectivity index (χ0n) is 10.3. The molecule has 0 unspecified atom stereocenters. The summed E-state index contributed by atoms with van der Waals surface area (Å²) in [6.45, 7) is 1.71. The van der Waals surface area contributed by atoms with Crippen LogP contribution >= 0.6 is 0 Å². The second-order valence-corrected chi connectivity index (χ2v) is 3.82. The van der Waals surface area contributed by atoms with Crippen molar-refractivity contribution in [2.75, 3.05) is 0 Å². The van der Waals surface area contributed by atoms with Gasteiger partial charge in [0.05, 0.1) is 0 Å². The van der Waals surface area contributed by atoms with Gasteiger partial charge in [-0.25, -0.2) is 8.78 Å². The lowest BCUT2D eigenvalue weighted by atomic mass is 10.2. The zero-order valence-corrected chi connectivity index (χ0v) is 10.3. The Balaban J connectivity index is 2.11. The lowest BCUT2D eigenvalue weighted by Gasteiger charge is -2.07. The summed E-state index contributed by atoms with van der Waals surface area (Å²) in [5.74, 6) is -1.49. The molecule has 19 heavy (non-hydrogen) atoms. The molecule has 5 nitrogen and oxygen atoms in total. The first-order valence-corrected chi connectivity index (χ1v) is 5.76. The number of hydrogen-bond donors (Lipinski definition) is 1. The Morgan fingerprint density at radius 3 is 2.37 bits per heavy atom. The molecular formula is C12H13F2N3O2. The van der Waals surface area contributed by atoms with Crippen LogP contribution in [-0.2, 0) is 19.6 Å². The first-order valence-electron chi connectivity index (χ1n) is 5.76. The molecule has 102 valence electrons. The van der Waals surface area contributed by atoms with Gasteiger partial charge in [0.1, 0.15) is 0 Å². The zero-order chi connectivity index (χ0) is 13.8. The van der Waals surface area contributed by atoms with E-state index in [9.17, 15) is 8.78 Å². The van der Waals surface area contributed by atoms with Gasteiger partial charge in [0.2, 0.25) is 5.89 Å². The standard InChI is InChI=1S/C12H13F2N3O2/c1-2-10-16-17-11(19-10)6-18-12-8(13)3-7(5-15)4-9(12)14/h3-4H,2,5-6,15H2,1H3. The third kappa shape index (κ3) is 3.05. The molecule has 7 heteroatoms. The van der Waals surface area contributed by atoms with E-state index < -0.39 is 17.4 Å². The van der Waals surface area contributed by atoms with Gasteiger partial charge in [-0.1, -0.05) is 6.92 Å². The number of nitrogens with zero attached hydrogens (tertiary/aromatic N) is 2. The molecule has 0 aliphatic rings. The van der Waals surface area contributed by atoms with Crippen molar-refractivity contribution in [1.82, 2.24) is 10.2 Å². The predicted molar refractivity (Wildman–Crippen MR) is 62.3 cm³/mol. The Labute approximate surface area is 108 Å². The maximum Gasteiger partial charge on any atom is 0.253 e. The van der Waals surface area contributed by atoms with E-state index in [2.05, 4.69) is 10.2 Å². The minimum absolute atomic E-state index is 0.0532. The minimum Gasteiger partial charge on any atom is -0.478 e. The van der Waals surface area contributed by atoms with Gasteiger partial charge in [-0.15, -0.1) is 10.2 Å². The van der Waals surface area contributed by atoms with Crippen LogP contribution in [0.3, 0.4) is 0 Å². The summed E-state index contributed by atoms with van der Waals surface area (Å²) in [6.07, 6.45) is 0.584. The normalized spacial score (nSPS) is 10.7. The van der Waals surface area contributed by atoms with E-state index in [1.165, 1.54) is 0 Å². The average molecular weight is 269 g/mol. The molecule has 0 saturated heterocycles. The number of aromatic nitrogens is 2. The Bertz CT molecular complexity index is 549. The molecule has 0 amide bonds. The number of hydrogen-bond acceptors (Lipinski definition) is 5. The smallest absolute Gasteiger partial charge is 0.253 e. The Kier molecular flexibility index (Phi) is 4.06. The monoisotopic (exact) mass is 269 g/mol. The lowest BCUT2D eigenvalue weighted by molar-refractivity contribution is 0.237. The lowest BCUT2D eigenvalue weighted by Crippen LogP contribution is -2.03. The summed E-state index contributed by atoms with van der Waals surface area (Å²) in [4.78, 5) is 0. The summed E-state index contributed by atoms with van der Waals surface area (Å²) in [5.41, 5.74) is 5.67. The van der Waals surface area contributed by atoms with Crippen LogP contribution in [0, 0.1) is 11.6 Å². The highest BCUT2D eigenvalue weighted by Gasteiger charge is 2.14. The summed E-state index contributed by atoms with van der Waals surface area (Å²) >= 11 is 0. The first kappa shape index (κ1) is 13.4. The van der Waals surface area contributed by atoms with Crippen LogP contribution < -0.4 is 10.5 Å². The molecule has 0 bridgehead atoms. The number of halogens is 2. The van der Waals surface area contributed by atoms with Crippen LogP contribution in [0.4, 0.5) is 8.78 Å². The van der Waals surface area contributed by atoms with Crippen molar-refractivity contribution in [3.63, 3.8) is 0 Å². The number of nitrogens with two attached hydrogens (primary N) is 1. The van der Waals surface area contributed by atoms with Crippen molar-refractivity contribution in [2.45, 2.75) is 26.5 Å². The Morgan fingerprint density at radius 1 is 1.21 bits per heavy atom. The largest absolute Gasteiger partial charge is 0.478 e. The molecule has 2 rings (SSSR count). The molecule has 0 spiro atoms. The molecular weight excluding hydrogens is 256 g/mol. The molecule has 0 radical (unpaired) electrons. The molecule has 0 aliphatic heterocycles. The van der Waals surface area contributed by atoms with Crippen molar-refractivity contribution in [3.05, 3.63) is 41.1 Å². The summed E-state index contributed by atoms with van der Waals surface area (Å²) < 4.78 is 37.4. The molecule has 1 aromatic heterocycles. The Hall–Kier alpha value is -2.02. The van der Waals surface area contributed by atoms with Crippen LogP contribution in [-0.4, -0.2) is 10.2 Å². The second kappa shape index (κ2) is 5.75. The van der Waals surface area contributed by atoms with Crippen LogP contribution in [0.2, 0.25) is 0 Å². The van der Waals surface area contributed by atoms with E-state index in [-0.39, 0.29) is 19.0 Å². The molecule has 0 aliphatic carbocycles. The third-order valence-electron chi connectivity index (χ3n) is 2.44. The number of ether oxygens (including phenoxy) is 1. The highest BCUT2D eigenvalue weighted by Crippen LogP contribution is 2.24. The SMILES string of the molecule is CCc1nnc(COc2c(F)cc(CN)cc2F)o1. The van der Waals surface area contributed by atoms with Crippen molar-refractivity contribution in [2.24, 2.45) is 5.73 Å². The fraction of sp³-hybridized carbons (Fsp3) is 0.333. The predicted octanol–water partition coefficient (Wildman–Crippen LogP) is 1.95. The van der Waals surface area contributed by atoms with Gasteiger partial charge in [0, 0.05) is 13.0 Å². The van der Waals surface area contributed by atoms with Gasteiger partial charge in [0.25, 0.3) is 5.89 Å². The highest BCUT2D eigenvalue weighted by atomic mass is 19.1. The summed E-state index contributed by atoms with van der Waals surface area (Å²) in [5, 5.41) is 7.41. The average Bonchev–Trinajstić information content (AvgIpc) is 2.85. The topological polar surface area (TPSA) is 74.2 Å². The van der Waals surface area contributed by atoms with E-state index in [4.69, 9.17) is 14.9 Å². The number of benzene rings is 1. The van der Waals surface area contributed by atoms with Gasteiger partial charge in [-0.05, 0) is 17.7 Å². The van der Waals surface area contributed by atoms with Gasteiger partial charge in [-0.3, -0.25) is 0 Å². The van der Waals surface area contributed by atoms with Crippen LogP contribution in [0.1, 0.15) is 24.3 Å². The van der Waals surface area contributed by atoms with E-state index in [0.29, 0.717) is 17.9 Å². The van der Waals surface area contributed by atoms with Gasteiger partial charge < -0.3 is 14.9 Å². The molecule has 0 atom stereocenters. The van der Waals surface area contributed by atoms with E-state index in [0.717, 1.165) is 12.1 Å². The third-order valence-corrected chi connectivity index (χ3v) is 2.44. The van der Waals surface area contributed by atoms with Crippen LogP contribution in [0.15, 0.2) is 16.5 Å². The fourth-order valence-electron chi connectivity index (χ4n) is 1.49. The second-order valence-electron chi connectivity index (χ2n) is 3.82. The van der Waals surface area contributed by atoms with Crippen molar-refractivity contribution in [1.29, 1.82) is 0 Å². The van der Waals surface area contributed by atoms with E-state index in [1.54, 1.807) is 0 Å². The summed E-state index contributed by atoms with van der Waals surface area (Å²) in [6, 6.07) is 2.26. The van der Waals surface area contributed by atoms with Gasteiger partial charge in [-0.2, -0.15) is 0 Å². The minimum atomic E-state index is -0.810. The van der Waals surface area contributed by atoms with Crippen molar-refractivity contribution in [3.8, 4) is 5.75 Å². The molecule has 1 heterocycles. The molecule has 2 N–H and O–H groups in total. The quantitative estimate of drug-likeness (QED) is 0.898. The van der Waals surface area contributed by atoms with Crippen LogP contribution in [0.25, 0.3) is 0 Å². The number of rotatable bonds is 5. The molecule has 0 fully saturated rings. The fourth-order valence-corrected chi connectivity index (χ4v) is 1.49.